The van der Waals surface area contributed by atoms with Crippen LogP contribution in [0.15, 0.2) is 30.3 Å². The molecule has 2 heterocycles. The highest BCUT2D eigenvalue weighted by molar-refractivity contribution is 5.92. The van der Waals surface area contributed by atoms with E-state index in [-0.39, 0.29) is 23.5 Å². The number of piperidine rings is 1. The molecule has 2 amide bonds. The molecule has 2 saturated heterocycles. The highest BCUT2D eigenvalue weighted by Gasteiger charge is 2.45. The van der Waals surface area contributed by atoms with Crippen molar-refractivity contribution in [2.45, 2.75) is 44.8 Å². The van der Waals surface area contributed by atoms with Gasteiger partial charge < -0.3 is 14.5 Å². The quantitative estimate of drug-likeness (QED) is 0.840. The zero-order chi connectivity index (χ0) is 16.4. The molecule has 2 aliphatic heterocycles. The Morgan fingerprint density at radius 2 is 1.83 bits per heavy atom. The number of hydrogen-bond acceptors (Lipinski definition) is 3. The van der Waals surface area contributed by atoms with Crippen LogP contribution in [0.3, 0.4) is 0 Å². The van der Waals surface area contributed by atoms with Crippen LogP contribution in [0, 0.1) is 0 Å². The Balaban J connectivity index is 1.71. The van der Waals surface area contributed by atoms with Gasteiger partial charge >= 0.3 is 0 Å². The number of amides is 2. The number of benzene rings is 1. The molecule has 23 heavy (non-hydrogen) atoms. The van der Waals surface area contributed by atoms with E-state index in [0.29, 0.717) is 6.61 Å². The fourth-order valence-corrected chi connectivity index (χ4v) is 3.80. The smallest absolute Gasteiger partial charge is 0.224 e. The van der Waals surface area contributed by atoms with E-state index in [0.717, 1.165) is 38.0 Å². The van der Waals surface area contributed by atoms with Gasteiger partial charge in [0.15, 0.2) is 0 Å². The lowest BCUT2D eigenvalue weighted by molar-refractivity contribution is -0.133. The highest BCUT2D eigenvalue weighted by Crippen LogP contribution is 2.38. The number of para-hydroxylation sites is 1. The van der Waals surface area contributed by atoms with Crippen molar-refractivity contribution in [3.8, 4) is 0 Å². The molecular formula is C18H24N2O3. The molecule has 0 bridgehead atoms. The van der Waals surface area contributed by atoms with E-state index >= 15 is 0 Å². The SMILES string of the molecule is CC(=O)N1CCC2(CC1)C[C@@H](N(C(C)=O)c1ccccc1)CO2. The van der Waals surface area contributed by atoms with Crippen molar-refractivity contribution in [2.24, 2.45) is 0 Å². The number of nitrogens with zero attached hydrogens (tertiary/aromatic N) is 2. The maximum atomic E-state index is 12.2. The van der Waals surface area contributed by atoms with Gasteiger partial charge in [0.25, 0.3) is 0 Å². The summed E-state index contributed by atoms with van der Waals surface area (Å²) < 4.78 is 6.14. The predicted octanol–water partition coefficient (Wildman–Crippen LogP) is 2.21. The molecule has 1 aromatic rings. The maximum absolute atomic E-state index is 12.2. The van der Waals surface area contributed by atoms with E-state index in [9.17, 15) is 9.59 Å². The van der Waals surface area contributed by atoms with Gasteiger partial charge in [0.1, 0.15) is 0 Å². The van der Waals surface area contributed by atoms with Gasteiger partial charge in [0.05, 0.1) is 18.2 Å². The minimum Gasteiger partial charge on any atom is -0.373 e. The number of anilines is 1. The Hall–Kier alpha value is -1.88. The Labute approximate surface area is 137 Å². The summed E-state index contributed by atoms with van der Waals surface area (Å²) in [5.74, 6) is 0.173. The molecule has 2 aliphatic rings. The van der Waals surface area contributed by atoms with Crippen molar-refractivity contribution in [3.63, 3.8) is 0 Å². The van der Waals surface area contributed by atoms with E-state index < -0.39 is 0 Å². The van der Waals surface area contributed by atoms with Crippen molar-refractivity contribution >= 4 is 17.5 Å². The Morgan fingerprint density at radius 1 is 1.17 bits per heavy atom. The third kappa shape index (κ3) is 3.24. The third-order valence-corrected chi connectivity index (χ3v) is 5.05. The summed E-state index contributed by atoms with van der Waals surface area (Å²) >= 11 is 0. The van der Waals surface area contributed by atoms with Crippen LogP contribution in [0.5, 0.6) is 0 Å². The number of ether oxygens (including phenoxy) is 1. The number of hydrogen-bond donors (Lipinski definition) is 0. The van der Waals surface area contributed by atoms with Crippen LogP contribution in [-0.4, -0.2) is 48.1 Å². The summed E-state index contributed by atoms with van der Waals surface area (Å²) in [6, 6.07) is 9.84. The van der Waals surface area contributed by atoms with Crippen LogP contribution >= 0.6 is 0 Å². The fourth-order valence-electron chi connectivity index (χ4n) is 3.80. The van der Waals surface area contributed by atoms with Gasteiger partial charge in [-0.1, -0.05) is 18.2 Å². The summed E-state index contributed by atoms with van der Waals surface area (Å²) in [6.07, 6.45) is 2.54. The molecule has 5 nitrogen and oxygen atoms in total. The van der Waals surface area contributed by atoms with E-state index in [1.807, 2.05) is 40.1 Å². The number of rotatable bonds is 2. The molecule has 0 aromatic heterocycles. The summed E-state index contributed by atoms with van der Waals surface area (Å²) in [7, 11) is 0. The van der Waals surface area contributed by atoms with Crippen LogP contribution in [0.2, 0.25) is 0 Å². The summed E-state index contributed by atoms with van der Waals surface area (Å²) in [5.41, 5.74) is 0.742. The first kappa shape index (κ1) is 16.0. The topological polar surface area (TPSA) is 49.9 Å². The molecule has 0 aliphatic carbocycles. The average molecular weight is 316 g/mol. The second-order valence-corrected chi connectivity index (χ2v) is 6.58. The van der Waals surface area contributed by atoms with Crippen molar-refractivity contribution in [2.75, 3.05) is 24.6 Å². The highest BCUT2D eigenvalue weighted by atomic mass is 16.5. The molecule has 0 N–H and O–H groups in total. The van der Waals surface area contributed by atoms with E-state index in [1.165, 1.54) is 0 Å². The Kier molecular flexibility index (Phi) is 4.39. The normalized spacial score (nSPS) is 23.0. The lowest BCUT2D eigenvalue weighted by Crippen LogP contribution is -2.47. The molecule has 1 atom stereocenters. The molecule has 0 saturated carbocycles. The van der Waals surface area contributed by atoms with Crippen LogP contribution in [0.1, 0.15) is 33.1 Å². The molecule has 0 radical (unpaired) electrons. The van der Waals surface area contributed by atoms with Gasteiger partial charge in [-0.25, -0.2) is 0 Å². The van der Waals surface area contributed by atoms with Gasteiger partial charge in [-0.3, -0.25) is 9.59 Å². The second-order valence-electron chi connectivity index (χ2n) is 6.58. The summed E-state index contributed by atoms with van der Waals surface area (Å²) in [4.78, 5) is 27.4. The zero-order valence-corrected chi connectivity index (χ0v) is 13.8. The Bertz CT molecular complexity index is 579. The van der Waals surface area contributed by atoms with Gasteiger partial charge in [0.2, 0.25) is 11.8 Å². The van der Waals surface area contributed by atoms with Crippen LogP contribution in [0.4, 0.5) is 5.69 Å². The Morgan fingerprint density at radius 3 is 2.39 bits per heavy atom. The molecule has 124 valence electrons. The molecule has 5 heteroatoms. The van der Waals surface area contributed by atoms with Crippen molar-refractivity contribution in [1.29, 1.82) is 0 Å². The minimum atomic E-state index is -0.181. The lowest BCUT2D eigenvalue weighted by atomic mass is 9.87. The molecule has 1 spiro atoms. The predicted molar refractivity (Wildman–Crippen MR) is 88.2 cm³/mol. The van der Waals surface area contributed by atoms with Crippen molar-refractivity contribution < 1.29 is 14.3 Å². The van der Waals surface area contributed by atoms with Gasteiger partial charge in [0, 0.05) is 32.6 Å². The first-order chi connectivity index (χ1) is 11.0. The van der Waals surface area contributed by atoms with E-state index in [1.54, 1.807) is 13.8 Å². The number of carbonyl (C=O) groups is 2. The molecule has 3 rings (SSSR count). The van der Waals surface area contributed by atoms with E-state index in [4.69, 9.17) is 4.74 Å². The second kappa shape index (κ2) is 6.32. The van der Waals surface area contributed by atoms with Gasteiger partial charge in [-0.05, 0) is 31.4 Å². The van der Waals surface area contributed by atoms with Gasteiger partial charge in [-0.2, -0.15) is 0 Å². The first-order valence-corrected chi connectivity index (χ1v) is 8.25. The summed E-state index contributed by atoms with van der Waals surface area (Å²) in [6.45, 7) is 5.27. The van der Waals surface area contributed by atoms with E-state index in [2.05, 4.69) is 0 Å². The summed E-state index contributed by atoms with van der Waals surface area (Å²) in [5, 5.41) is 0. The monoisotopic (exact) mass is 316 g/mol. The molecule has 2 fully saturated rings. The zero-order valence-electron chi connectivity index (χ0n) is 13.8. The van der Waals surface area contributed by atoms with Gasteiger partial charge in [-0.15, -0.1) is 0 Å². The van der Waals surface area contributed by atoms with Crippen LogP contribution < -0.4 is 4.90 Å². The average Bonchev–Trinajstić information content (AvgIpc) is 2.92. The number of likely N-dealkylation sites (tertiary alicyclic amines) is 1. The standard InChI is InChI=1S/C18H24N2O3/c1-14(21)19-10-8-18(9-11-19)12-17(13-23-18)20(15(2)22)16-6-4-3-5-7-16/h3-7,17H,8-13H2,1-2H3/t17-/m1/s1. The first-order valence-electron chi connectivity index (χ1n) is 8.25. The molecule has 0 unspecified atom stereocenters. The van der Waals surface area contributed by atoms with Crippen molar-refractivity contribution in [1.82, 2.24) is 4.90 Å². The third-order valence-electron chi connectivity index (χ3n) is 5.05. The molecule has 1 aromatic carbocycles. The fraction of sp³-hybridized carbons (Fsp3) is 0.556. The van der Waals surface area contributed by atoms with Crippen LogP contribution in [-0.2, 0) is 14.3 Å². The van der Waals surface area contributed by atoms with Crippen molar-refractivity contribution in [3.05, 3.63) is 30.3 Å². The maximum Gasteiger partial charge on any atom is 0.224 e. The van der Waals surface area contributed by atoms with Crippen LogP contribution in [0.25, 0.3) is 0 Å². The minimum absolute atomic E-state index is 0.0445. The number of carbonyl (C=O) groups excluding carboxylic acids is 2. The molecular weight excluding hydrogens is 292 g/mol. The largest absolute Gasteiger partial charge is 0.373 e. The lowest BCUT2D eigenvalue weighted by Gasteiger charge is -2.38.